The van der Waals surface area contributed by atoms with Crippen molar-refractivity contribution in [1.29, 1.82) is 5.26 Å². The van der Waals surface area contributed by atoms with Crippen molar-refractivity contribution in [2.75, 3.05) is 50.1 Å². The molecule has 0 unspecified atom stereocenters. The smallest absolute Gasteiger partial charge is 0.279 e. The number of hydrogen-bond acceptors (Lipinski definition) is 4. The largest absolute Gasteiger partial charge is 0.495 e. The molecule has 0 atom stereocenters. The van der Waals surface area contributed by atoms with Crippen molar-refractivity contribution in [3.63, 3.8) is 0 Å². The Balaban J connectivity index is 1.54. The molecule has 1 heterocycles. The third kappa shape index (κ3) is 4.13. The minimum absolute atomic E-state index is 0.0616. The van der Waals surface area contributed by atoms with E-state index in [0.29, 0.717) is 17.8 Å². The molecule has 0 aliphatic carbocycles. The van der Waals surface area contributed by atoms with E-state index in [1.54, 1.807) is 25.3 Å². The van der Waals surface area contributed by atoms with Crippen molar-refractivity contribution in [3.8, 4) is 11.8 Å². The first-order valence-electron chi connectivity index (χ1n) is 8.72. The molecule has 0 saturated carbocycles. The highest BCUT2D eigenvalue weighted by atomic mass is 16.5. The number of quaternary nitrogens is 1. The van der Waals surface area contributed by atoms with Crippen molar-refractivity contribution >= 4 is 17.3 Å². The zero-order valence-electron chi connectivity index (χ0n) is 14.9. The second kappa shape index (κ2) is 8.37. The van der Waals surface area contributed by atoms with Gasteiger partial charge in [-0.25, -0.2) is 0 Å². The van der Waals surface area contributed by atoms with Crippen LogP contribution in [0.1, 0.15) is 5.56 Å². The van der Waals surface area contributed by atoms with Gasteiger partial charge in [0.25, 0.3) is 5.91 Å². The van der Waals surface area contributed by atoms with Gasteiger partial charge < -0.3 is 19.9 Å². The van der Waals surface area contributed by atoms with Crippen LogP contribution in [0.25, 0.3) is 0 Å². The SMILES string of the molecule is COc1ccccc1N1CC[NH+](CC(=O)Nc2ccccc2C#N)CC1. The minimum Gasteiger partial charge on any atom is -0.495 e. The molecule has 0 radical (unpaired) electrons. The second-order valence-electron chi connectivity index (χ2n) is 6.29. The third-order valence-corrected chi connectivity index (χ3v) is 4.63. The summed E-state index contributed by atoms with van der Waals surface area (Å²) in [6, 6.07) is 17.2. The van der Waals surface area contributed by atoms with Gasteiger partial charge in [0.1, 0.15) is 11.8 Å². The maximum Gasteiger partial charge on any atom is 0.279 e. The van der Waals surface area contributed by atoms with Gasteiger partial charge in [0, 0.05) is 0 Å². The molecule has 2 aromatic rings. The van der Waals surface area contributed by atoms with Crippen LogP contribution in [0.15, 0.2) is 48.5 Å². The monoisotopic (exact) mass is 351 g/mol. The summed E-state index contributed by atoms with van der Waals surface area (Å²) < 4.78 is 5.44. The van der Waals surface area contributed by atoms with Gasteiger partial charge in [-0.15, -0.1) is 0 Å². The fraction of sp³-hybridized carbons (Fsp3) is 0.300. The summed E-state index contributed by atoms with van der Waals surface area (Å²) in [5.74, 6) is 0.815. The molecule has 1 amide bonds. The molecule has 0 aromatic heterocycles. The summed E-state index contributed by atoms with van der Waals surface area (Å²) in [5, 5.41) is 12.0. The number of nitrogens with zero attached hydrogens (tertiary/aromatic N) is 2. The highest BCUT2D eigenvalue weighted by Crippen LogP contribution is 2.27. The Morgan fingerprint density at radius 3 is 2.62 bits per heavy atom. The van der Waals surface area contributed by atoms with Gasteiger partial charge in [0.2, 0.25) is 0 Å². The predicted octanol–water partition coefficient (Wildman–Crippen LogP) is 0.910. The van der Waals surface area contributed by atoms with Gasteiger partial charge in [0.05, 0.1) is 50.2 Å². The number of piperazine rings is 1. The number of ether oxygens (including phenoxy) is 1. The van der Waals surface area contributed by atoms with Gasteiger partial charge in [-0.3, -0.25) is 4.79 Å². The summed E-state index contributed by atoms with van der Waals surface area (Å²) in [6.07, 6.45) is 0. The molecule has 2 N–H and O–H groups in total. The highest BCUT2D eigenvalue weighted by Gasteiger charge is 2.24. The Morgan fingerprint density at radius 2 is 1.88 bits per heavy atom. The molecule has 134 valence electrons. The number of nitriles is 1. The number of amides is 1. The molecule has 1 fully saturated rings. The average molecular weight is 351 g/mol. The number of carbonyl (C=O) groups excluding carboxylic acids is 1. The first-order valence-corrected chi connectivity index (χ1v) is 8.72. The van der Waals surface area contributed by atoms with E-state index in [0.717, 1.165) is 37.6 Å². The minimum atomic E-state index is -0.0616. The van der Waals surface area contributed by atoms with Crippen LogP contribution in [0.2, 0.25) is 0 Å². The van der Waals surface area contributed by atoms with E-state index in [1.165, 1.54) is 4.90 Å². The van der Waals surface area contributed by atoms with Gasteiger partial charge in [0.15, 0.2) is 6.54 Å². The van der Waals surface area contributed by atoms with Crippen molar-refractivity contribution in [3.05, 3.63) is 54.1 Å². The number of rotatable bonds is 5. The molecule has 0 bridgehead atoms. The molecule has 6 nitrogen and oxygen atoms in total. The van der Waals surface area contributed by atoms with E-state index >= 15 is 0 Å². The lowest BCUT2D eigenvalue weighted by Crippen LogP contribution is -3.15. The van der Waals surface area contributed by atoms with Crippen molar-refractivity contribution in [1.82, 2.24) is 0 Å². The first-order chi connectivity index (χ1) is 12.7. The average Bonchev–Trinajstić information content (AvgIpc) is 2.69. The Labute approximate surface area is 153 Å². The maximum atomic E-state index is 12.3. The molecule has 1 saturated heterocycles. The van der Waals surface area contributed by atoms with Gasteiger partial charge in [-0.2, -0.15) is 5.26 Å². The number of para-hydroxylation sites is 3. The lowest BCUT2D eigenvalue weighted by Gasteiger charge is -2.34. The van der Waals surface area contributed by atoms with Gasteiger partial charge in [-0.1, -0.05) is 24.3 Å². The maximum absolute atomic E-state index is 12.3. The molecular formula is C20H23N4O2+. The fourth-order valence-electron chi connectivity index (χ4n) is 3.24. The van der Waals surface area contributed by atoms with Gasteiger partial charge >= 0.3 is 0 Å². The standard InChI is InChI=1S/C20H22N4O2/c1-26-19-9-5-4-8-18(19)24-12-10-23(11-13-24)15-20(25)22-17-7-3-2-6-16(17)14-21/h2-9H,10-13,15H2,1H3,(H,22,25)/p+1. The predicted molar refractivity (Wildman–Crippen MR) is 101 cm³/mol. The number of nitrogens with one attached hydrogen (secondary N) is 2. The molecule has 2 aromatic carbocycles. The number of anilines is 2. The first kappa shape index (κ1) is 17.8. The van der Waals surface area contributed by atoms with Crippen LogP contribution >= 0.6 is 0 Å². The molecule has 1 aliphatic rings. The van der Waals surface area contributed by atoms with E-state index in [2.05, 4.69) is 22.4 Å². The quantitative estimate of drug-likeness (QED) is 0.840. The van der Waals surface area contributed by atoms with Crippen LogP contribution < -0.4 is 19.9 Å². The summed E-state index contributed by atoms with van der Waals surface area (Å²) in [4.78, 5) is 15.9. The zero-order valence-corrected chi connectivity index (χ0v) is 14.9. The van der Waals surface area contributed by atoms with Gasteiger partial charge in [-0.05, 0) is 24.3 Å². The summed E-state index contributed by atoms with van der Waals surface area (Å²) in [7, 11) is 1.68. The van der Waals surface area contributed by atoms with Crippen LogP contribution in [0.4, 0.5) is 11.4 Å². The molecule has 1 aliphatic heterocycles. The topological polar surface area (TPSA) is 69.8 Å². The molecule has 0 spiro atoms. The number of hydrogen-bond donors (Lipinski definition) is 2. The van der Waals surface area contributed by atoms with Crippen LogP contribution in [-0.4, -0.2) is 45.7 Å². The summed E-state index contributed by atoms with van der Waals surface area (Å²) in [5.41, 5.74) is 2.16. The third-order valence-electron chi connectivity index (χ3n) is 4.63. The van der Waals surface area contributed by atoms with E-state index < -0.39 is 0 Å². The highest BCUT2D eigenvalue weighted by molar-refractivity contribution is 5.92. The van der Waals surface area contributed by atoms with Crippen LogP contribution in [0.3, 0.4) is 0 Å². The molecule has 3 rings (SSSR count). The lowest BCUT2D eigenvalue weighted by molar-refractivity contribution is -0.892. The Morgan fingerprint density at radius 1 is 1.19 bits per heavy atom. The normalized spacial score (nSPS) is 14.5. The van der Waals surface area contributed by atoms with Crippen molar-refractivity contribution in [2.24, 2.45) is 0 Å². The number of carbonyl (C=O) groups is 1. The van der Waals surface area contributed by atoms with Crippen molar-refractivity contribution < 1.29 is 14.4 Å². The van der Waals surface area contributed by atoms with Crippen LogP contribution in [0, 0.1) is 11.3 Å². The Hall–Kier alpha value is -3.04. The molecule has 6 heteroatoms. The molecular weight excluding hydrogens is 328 g/mol. The fourth-order valence-corrected chi connectivity index (χ4v) is 3.24. The zero-order chi connectivity index (χ0) is 18.4. The Bertz CT molecular complexity index is 807. The van der Waals surface area contributed by atoms with Crippen LogP contribution in [0.5, 0.6) is 5.75 Å². The summed E-state index contributed by atoms with van der Waals surface area (Å²) >= 11 is 0. The van der Waals surface area contributed by atoms with Crippen LogP contribution in [-0.2, 0) is 4.79 Å². The van der Waals surface area contributed by atoms with E-state index in [9.17, 15) is 4.79 Å². The number of methoxy groups -OCH3 is 1. The van der Waals surface area contributed by atoms with E-state index in [-0.39, 0.29) is 5.91 Å². The van der Waals surface area contributed by atoms with Crippen molar-refractivity contribution in [2.45, 2.75) is 0 Å². The molecule has 26 heavy (non-hydrogen) atoms. The van der Waals surface area contributed by atoms with E-state index in [4.69, 9.17) is 10.00 Å². The second-order valence-corrected chi connectivity index (χ2v) is 6.29. The Kier molecular flexibility index (Phi) is 5.72. The number of benzene rings is 2. The lowest BCUT2D eigenvalue weighted by atomic mass is 10.2. The van der Waals surface area contributed by atoms with E-state index in [1.807, 2.05) is 24.3 Å². The summed E-state index contributed by atoms with van der Waals surface area (Å²) in [6.45, 7) is 3.91.